The van der Waals surface area contributed by atoms with Crippen LogP contribution in [0.1, 0.15) is 28.7 Å². The summed E-state index contributed by atoms with van der Waals surface area (Å²) in [7, 11) is 1.40. The first kappa shape index (κ1) is 20.9. The maximum Gasteiger partial charge on any atom is 0.433 e. The van der Waals surface area contributed by atoms with Gasteiger partial charge in [0.2, 0.25) is 0 Å². The zero-order valence-corrected chi connectivity index (χ0v) is 14.7. The van der Waals surface area contributed by atoms with Crippen molar-refractivity contribution in [2.75, 3.05) is 33.7 Å². The Morgan fingerprint density at radius 3 is 2.78 bits per heavy atom. The molecule has 1 atom stereocenters. The van der Waals surface area contributed by atoms with Crippen LogP contribution < -0.4 is 0 Å². The number of pyridine rings is 1. The molecule has 0 aromatic carbocycles. The number of halogens is 3. The molecule has 0 spiro atoms. The molecule has 2 rings (SSSR count). The highest BCUT2D eigenvalue weighted by atomic mass is 19.4. The van der Waals surface area contributed by atoms with Crippen molar-refractivity contribution in [3.63, 3.8) is 0 Å². The third kappa shape index (κ3) is 5.30. The SMILES string of the molecule is CCOC(=O)c1ccc(C(F)(F)F)nc1COCC1COC(=O)N1COC. The van der Waals surface area contributed by atoms with Gasteiger partial charge in [0.25, 0.3) is 0 Å². The molecule has 1 amide bonds. The Hall–Kier alpha value is -2.40. The predicted octanol–water partition coefficient (Wildman–Crippen LogP) is 2.22. The summed E-state index contributed by atoms with van der Waals surface area (Å²) in [5.41, 5.74) is -1.46. The van der Waals surface area contributed by atoms with Crippen LogP contribution in [-0.2, 0) is 31.7 Å². The fourth-order valence-electron chi connectivity index (χ4n) is 2.38. The van der Waals surface area contributed by atoms with Gasteiger partial charge in [-0.05, 0) is 19.1 Å². The van der Waals surface area contributed by atoms with E-state index in [1.165, 1.54) is 12.0 Å². The van der Waals surface area contributed by atoms with Gasteiger partial charge < -0.3 is 18.9 Å². The Morgan fingerprint density at radius 1 is 1.41 bits per heavy atom. The third-order valence-electron chi connectivity index (χ3n) is 3.65. The van der Waals surface area contributed by atoms with Crippen LogP contribution in [0.3, 0.4) is 0 Å². The van der Waals surface area contributed by atoms with Gasteiger partial charge >= 0.3 is 18.2 Å². The number of aromatic nitrogens is 1. The number of nitrogens with zero attached hydrogens (tertiary/aromatic N) is 2. The Morgan fingerprint density at radius 2 is 2.15 bits per heavy atom. The van der Waals surface area contributed by atoms with Crippen molar-refractivity contribution in [3.05, 3.63) is 29.1 Å². The number of carbonyl (C=O) groups excluding carboxylic acids is 2. The van der Waals surface area contributed by atoms with Gasteiger partial charge in [0.05, 0.1) is 37.1 Å². The maximum atomic E-state index is 12.9. The third-order valence-corrected chi connectivity index (χ3v) is 3.65. The van der Waals surface area contributed by atoms with Gasteiger partial charge in [0.15, 0.2) is 0 Å². The van der Waals surface area contributed by atoms with Gasteiger partial charge in [-0.3, -0.25) is 4.90 Å². The zero-order chi connectivity index (χ0) is 20.0. The number of amides is 1. The molecular weight excluding hydrogens is 373 g/mol. The van der Waals surface area contributed by atoms with Crippen molar-refractivity contribution in [3.8, 4) is 0 Å². The second-order valence-corrected chi connectivity index (χ2v) is 5.54. The van der Waals surface area contributed by atoms with Crippen LogP contribution >= 0.6 is 0 Å². The van der Waals surface area contributed by atoms with E-state index in [0.29, 0.717) is 6.07 Å². The highest BCUT2D eigenvalue weighted by Gasteiger charge is 2.35. The first-order valence-electron chi connectivity index (χ1n) is 8.02. The van der Waals surface area contributed by atoms with Gasteiger partial charge in [-0.25, -0.2) is 14.6 Å². The summed E-state index contributed by atoms with van der Waals surface area (Å²) >= 11 is 0. The summed E-state index contributed by atoms with van der Waals surface area (Å²) in [5.74, 6) is -0.794. The number of methoxy groups -OCH3 is 1. The number of hydrogen-bond acceptors (Lipinski definition) is 7. The lowest BCUT2D eigenvalue weighted by molar-refractivity contribution is -0.141. The topological polar surface area (TPSA) is 87.2 Å². The van der Waals surface area contributed by atoms with E-state index in [0.717, 1.165) is 6.07 Å². The lowest BCUT2D eigenvalue weighted by Crippen LogP contribution is -2.38. The second kappa shape index (κ2) is 9.00. The molecule has 0 radical (unpaired) electrons. The molecule has 150 valence electrons. The Kier molecular flexibility index (Phi) is 6.97. The first-order chi connectivity index (χ1) is 12.8. The van der Waals surface area contributed by atoms with E-state index in [2.05, 4.69) is 4.98 Å². The van der Waals surface area contributed by atoms with Crippen molar-refractivity contribution in [1.82, 2.24) is 9.88 Å². The molecule has 1 saturated heterocycles. The Balaban J connectivity index is 2.11. The number of ether oxygens (including phenoxy) is 4. The minimum absolute atomic E-state index is 0.0112. The van der Waals surface area contributed by atoms with E-state index in [9.17, 15) is 22.8 Å². The lowest BCUT2D eigenvalue weighted by Gasteiger charge is -2.20. The van der Waals surface area contributed by atoms with Crippen molar-refractivity contribution in [2.24, 2.45) is 0 Å². The standard InChI is InChI=1S/C16H19F3N2O6/c1-3-26-14(22)11-4-5-13(16(17,18)19)20-12(11)8-25-6-10-7-27-15(23)21(10)9-24-2/h4-5,10H,3,6-9H2,1-2H3. The number of cyclic esters (lactones) is 1. The molecule has 27 heavy (non-hydrogen) atoms. The summed E-state index contributed by atoms with van der Waals surface area (Å²) in [6.07, 6.45) is -5.24. The van der Waals surface area contributed by atoms with Crippen LogP contribution in [0.25, 0.3) is 0 Å². The Labute approximate surface area is 153 Å². The van der Waals surface area contributed by atoms with E-state index in [1.54, 1.807) is 6.92 Å². The molecular formula is C16H19F3N2O6. The lowest BCUT2D eigenvalue weighted by atomic mass is 10.1. The van der Waals surface area contributed by atoms with E-state index < -0.39 is 30.0 Å². The van der Waals surface area contributed by atoms with Crippen LogP contribution in [0.4, 0.5) is 18.0 Å². The van der Waals surface area contributed by atoms with Crippen molar-refractivity contribution in [2.45, 2.75) is 25.7 Å². The molecule has 0 N–H and O–H groups in total. The molecule has 1 unspecified atom stereocenters. The molecule has 1 aromatic heterocycles. The minimum Gasteiger partial charge on any atom is -0.462 e. The quantitative estimate of drug-likeness (QED) is 0.627. The van der Waals surface area contributed by atoms with Crippen molar-refractivity contribution in [1.29, 1.82) is 0 Å². The summed E-state index contributed by atoms with van der Waals surface area (Å²) in [6.45, 7) is 1.28. The number of alkyl halides is 3. The van der Waals surface area contributed by atoms with Gasteiger partial charge in [-0.2, -0.15) is 13.2 Å². The molecule has 1 aliphatic heterocycles. The van der Waals surface area contributed by atoms with E-state index in [4.69, 9.17) is 18.9 Å². The van der Waals surface area contributed by atoms with Crippen LogP contribution in [0.15, 0.2) is 12.1 Å². The summed E-state index contributed by atoms with van der Waals surface area (Å²) in [4.78, 5) is 28.3. The van der Waals surface area contributed by atoms with Crippen LogP contribution in [0.2, 0.25) is 0 Å². The summed E-state index contributed by atoms with van der Waals surface area (Å²) in [6, 6.07) is 1.25. The molecule has 1 aliphatic rings. The van der Waals surface area contributed by atoms with Crippen LogP contribution in [0.5, 0.6) is 0 Å². The molecule has 2 heterocycles. The van der Waals surface area contributed by atoms with E-state index in [1.807, 2.05) is 0 Å². The molecule has 0 aliphatic carbocycles. The van der Waals surface area contributed by atoms with Gasteiger partial charge in [0.1, 0.15) is 19.0 Å². The molecule has 0 bridgehead atoms. The maximum absolute atomic E-state index is 12.9. The highest BCUT2D eigenvalue weighted by Crippen LogP contribution is 2.28. The largest absolute Gasteiger partial charge is 0.462 e. The number of rotatable bonds is 8. The molecule has 1 aromatic rings. The van der Waals surface area contributed by atoms with Gasteiger partial charge in [-0.15, -0.1) is 0 Å². The average Bonchev–Trinajstić information content (AvgIpc) is 2.95. The van der Waals surface area contributed by atoms with Gasteiger partial charge in [-0.1, -0.05) is 0 Å². The fourth-order valence-corrected chi connectivity index (χ4v) is 2.38. The number of carbonyl (C=O) groups is 2. The second-order valence-electron chi connectivity index (χ2n) is 5.54. The fraction of sp³-hybridized carbons (Fsp3) is 0.562. The molecule has 8 nitrogen and oxygen atoms in total. The van der Waals surface area contributed by atoms with Crippen LogP contribution in [0, 0.1) is 0 Å². The number of esters is 1. The Bertz CT molecular complexity index is 683. The molecule has 11 heteroatoms. The van der Waals surface area contributed by atoms with E-state index in [-0.39, 0.29) is 44.4 Å². The number of hydrogen-bond donors (Lipinski definition) is 0. The normalized spacial score (nSPS) is 17.1. The van der Waals surface area contributed by atoms with Crippen molar-refractivity contribution < 1.29 is 41.7 Å². The average molecular weight is 392 g/mol. The highest BCUT2D eigenvalue weighted by molar-refractivity contribution is 5.90. The predicted molar refractivity (Wildman–Crippen MR) is 83.7 cm³/mol. The zero-order valence-electron chi connectivity index (χ0n) is 14.7. The van der Waals surface area contributed by atoms with Crippen LogP contribution in [-0.4, -0.2) is 61.6 Å². The summed E-state index contributed by atoms with van der Waals surface area (Å²) in [5, 5.41) is 0. The molecule has 1 fully saturated rings. The minimum atomic E-state index is -4.66. The van der Waals surface area contributed by atoms with Crippen molar-refractivity contribution >= 4 is 12.1 Å². The molecule has 0 saturated carbocycles. The smallest absolute Gasteiger partial charge is 0.433 e. The first-order valence-corrected chi connectivity index (χ1v) is 8.02. The monoisotopic (exact) mass is 392 g/mol. The van der Waals surface area contributed by atoms with Gasteiger partial charge in [0, 0.05) is 7.11 Å². The van der Waals surface area contributed by atoms with E-state index >= 15 is 0 Å². The summed E-state index contributed by atoms with van der Waals surface area (Å²) < 4.78 is 58.7.